The van der Waals surface area contributed by atoms with Gasteiger partial charge in [0.2, 0.25) is 11.7 Å². The molecule has 0 aliphatic rings. The van der Waals surface area contributed by atoms with Gasteiger partial charge in [0.25, 0.3) is 5.91 Å². The van der Waals surface area contributed by atoms with Crippen LogP contribution < -0.4 is 0 Å². The zero-order valence-electron chi connectivity index (χ0n) is 13.3. The van der Waals surface area contributed by atoms with Crippen LogP contribution in [0.5, 0.6) is 0 Å². The van der Waals surface area contributed by atoms with Crippen molar-refractivity contribution in [2.24, 2.45) is 9.78 Å². The van der Waals surface area contributed by atoms with Gasteiger partial charge in [0.1, 0.15) is 0 Å². The van der Waals surface area contributed by atoms with E-state index in [4.69, 9.17) is 4.52 Å². The highest BCUT2D eigenvalue weighted by molar-refractivity contribution is 7.93. The Bertz CT molecular complexity index is 807. The van der Waals surface area contributed by atoms with Gasteiger partial charge >= 0.3 is 0 Å². The van der Waals surface area contributed by atoms with E-state index in [0.29, 0.717) is 16.6 Å². The van der Waals surface area contributed by atoms with Gasteiger partial charge in [0, 0.05) is 29.1 Å². The largest absolute Gasteiger partial charge is 0.339 e. The van der Waals surface area contributed by atoms with Crippen molar-refractivity contribution in [3.63, 3.8) is 0 Å². The molecule has 0 aliphatic heterocycles. The van der Waals surface area contributed by atoms with Crippen molar-refractivity contribution in [1.82, 2.24) is 10.1 Å². The Morgan fingerprint density at radius 3 is 2.27 bits per heavy atom. The summed E-state index contributed by atoms with van der Waals surface area (Å²) in [6.45, 7) is 6.95. The molecule has 2 rings (SSSR count). The Balaban J connectivity index is 2.36. The van der Waals surface area contributed by atoms with E-state index in [2.05, 4.69) is 14.5 Å². The highest BCUT2D eigenvalue weighted by Crippen LogP contribution is 2.22. The van der Waals surface area contributed by atoms with Crippen molar-refractivity contribution in [2.75, 3.05) is 6.26 Å². The SMILES string of the molecule is Cc1nc(-c2ccc(S(C)(=O)=NC(=O)C(C)(C)C)cc2)no1. The minimum Gasteiger partial charge on any atom is -0.339 e. The van der Waals surface area contributed by atoms with Crippen molar-refractivity contribution >= 4 is 15.6 Å². The van der Waals surface area contributed by atoms with Gasteiger partial charge in [-0.1, -0.05) is 25.9 Å². The summed E-state index contributed by atoms with van der Waals surface area (Å²) in [5.74, 6) is 0.566. The van der Waals surface area contributed by atoms with E-state index in [9.17, 15) is 9.00 Å². The molecule has 0 radical (unpaired) electrons. The molecule has 0 aliphatic carbocycles. The van der Waals surface area contributed by atoms with E-state index in [1.54, 1.807) is 52.0 Å². The average Bonchev–Trinajstić information content (AvgIpc) is 2.84. The third-order valence-electron chi connectivity index (χ3n) is 2.98. The van der Waals surface area contributed by atoms with Gasteiger partial charge in [-0.05, 0) is 24.3 Å². The smallest absolute Gasteiger partial charge is 0.259 e. The summed E-state index contributed by atoms with van der Waals surface area (Å²) in [4.78, 5) is 16.6. The monoisotopic (exact) mass is 321 g/mol. The Kier molecular flexibility index (Phi) is 4.19. The summed E-state index contributed by atoms with van der Waals surface area (Å²) in [6, 6.07) is 6.81. The molecule has 1 aromatic carbocycles. The molecule has 2 aromatic rings. The number of nitrogens with zero attached hydrogens (tertiary/aromatic N) is 3. The lowest BCUT2D eigenvalue weighted by molar-refractivity contribution is -0.124. The highest BCUT2D eigenvalue weighted by atomic mass is 32.2. The van der Waals surface area contributed by atoms with Crippen LogP contribution in [0.15, 0.2) is 38.0 Å². The summed E-state index contributed by atoms with van der Waals surface area (Å²) in [6.07, 6.45) is 1.46. The average molecular weight is 321 g/mol. The molecule has 7 heteroatoms. The number of carbonyl (C=O) groups is 1. The standard InChI is InChI=1S/C15H19N3O3S/c1-10-16-13(17-21-10)11-6-8-12(9-7-11)22(5,20)18-14(19)15(2,3)4/h6-9H,1-5H3. The summed E-state index contributed by atoms with van der Waals surface area (Å²) in [5.41, 5.74) is 0.0961. The van der Waals surface area contributed by atoms with Crippen LogP contribution in [0.4, 0.5) is 0 Å². The molecule has 1 unspecified atom stereocenters. The second-order valence-electron chi connectivity index (χ2n) is 6.11. The first kappa shape index (κ1) is 16.4. The van der Waals surface area contributed by atoms with Crippen LogP contribution in [0.25, 0.3) is 11.4 Å². The Labute approximate surface area is 130 Å². The fourth-order valence-corrected chi connectivity index (χ4v) is 2.96. The van der Waals surface area contributed by atoms with Gasteiger partial charge < -0.3 is 4.52 Å². The summed E-state index contributed by atoms with van der Waals surface area (Å²) in [5, 5.41) is 3.82. The number of aromatic nitrogens is 2. The van der Waals surface area contributed by atoms with Crippen molar-refractivity contribution in [3.8, 4) is 11.4 Å². The van der Waals surface area contributed by atoms with Gasteiger partial charge in [-0.3, -0.25) is 4.79 Å². The van der Waals surface area contributed by atoms with Gasteiger partial charge in [-0.2, -0.15) is 9.35 Å². The molecular formula is C15H19N3O3S. The third kappa shape index (κ3) is 3.59. The second kappa shape index (κ2) is 5.64. The van der Waals surface area contributed by atoms with Crippen LogP contribution in [0.2, 0.25) is 0 Å². The van der Waals surface area contributed by atoms with E-state index >= 15 is 0 Å². The summed E-state index contributed by atoms with van der Waals surface area (Å²) in [7, 11) is -2.78. The lowest BCUT2D eigenvalue weighted by Gasteiger charge is -2.13. The zero-order valence-corrected chi connectivity index (χ0v) is 14.1. The molecule has 0 saturated heterocycles. The fraction of sp³-hybridized carbons (Fsp3) is 0.400. The molecule has 1 atom stereocenters. The van der Waals surface area contributed by atoms with Crippen molar-refractivity contribution in [1.29, 1.82) is 0 Å². The van der Waals surface area contributed by atoms with Gasteiger partial charge in [-0.25, -0.2) is 4.21 Å². The molecule has 1 amide bonds. The number of hydrogen-bond donors (Lipinski definition) is 0. The van der Waals surface area contributed by atoms with Gasteiger partial charge in [0.05, 0.1) is 9.73 Å². The van der Waals surface area contributed by atoms with Crippen LogP contribution in [-0.2, 0) is 14.5 Å². The molecule has 0 N–H and O–H groups in total. The number of aryl methyl sites for hydroxylation is 1. The minimum atomic E-state index is -2.78. The van der Waals surface area contributed by atoms with Crippen molar-refractivity contribution in [2.45, 2.75) is 32.6 Å². The molecule has 1 aromatic heterocycles. The maximum atomic E-state index is 12.7. The number of carbonyl (C=O) groups excluding carboxylic acids is 1. The lowest BCUT2D eigenvalue weighted by atomic mass is 9.96. The van der Waals surface area contributed by atoms with Crippen LogP contribution >= 0.6 is 0 Å². The second-order valence-corrected chi connectivity index (χ2v) is 8.37. The molecule has 22 heavy (non-hydrogen) atoms. The molecule has 6 nitrogen and oxygen atoms in total. The van der Waals surface area contributed by atoms with E-state index in [-0.39, 0.29) is 5.91 Å². The topological polar surface area (TPSA) is 85.4 Å². The van der Waals surface area contributed by atoms with E-state index in [1.807, 2.05) is 0 Å². The Morgan fingerprint density at radius 2 is 1.82 bits per heavy atom. The molecule has 0 fully saturated rings. The summed E-state index contributed by atoms with van der Waals surface area (Å²) >= 11 is 0. The predicted octanol–water partition coefficient (Wildman–Crippen LogP) is 3.07. The first-order valence-corrected chi connectivity index (χ1v) is 8.69. The number of amides is 1. The number of hydrogen-bond acceptors (Lipinski definition) is 5. The van der Waals surface area contributed by atoms with Crippen LogP contribution in [0, 0.1) is 12.3 Å². The van der Waals surface area contributed by atoms with Gasteiger partial charge in [0.15, 0.2) is 0 Å². The van der Waals surface area contributed by atoms with Crippen molar-refractivity contribution < 1.29 is 13.5 Å². The molecular weight excluding hydrogens is 302 g/mol. The quantitative estimate of drug-likeness (QED) is 0.848. The Hall–Kier alpha value is -2.02. The van der Waals surface area contributed by atoms with Gasteiger partial charge in [-0.15, -0.1) is 0 Å². The minimum absolute atomic E-state index is 0.377. The zero-order chi connectivity index (χ0) is 16.5. The fourth-order valence-electron chi connectivity index (χ4n) is 1.62. The normalized spacial score (nSPS) is 14.4. The van der Waals surface area contributed by atoms with Crippen molar-refractivity contribution in [3.05, 3.63) is 30.2 Å². The number of benzene rings is 1. The first-order valence-electron chi connectivity index (χ1n) is 6.77. The third-order valence-corrected chi connectivity index (χ3v) is 4.64. The van der Waals surface area contributed by atoms with Crippen LogP contribution in [0.3, 0.4) is 0 Å². The molecule has 1 heterocycles. The summed E-state index contributed by atoms with van der Waals surface area (Å²) < 4.78 is 21.5. The van der Waals surface area contributed by atoms with Crippen LogP contribution in [0.1, 0.15) is 26.7 Å². The lowest BCUT2D eigenvalue weighted by Crippen LogP contribution is -2.19. The van der Waals surface area contributed by atoms with E-state index < -0.39 is 15.1 Å². The highest BCUT2D eigenvalue weighted by Gasteiger charge is 2.23. The predicted molar refractivity (Wildman–Crippen MR) is 83.7 cm³/mol. The first-order chi connectivity index (χ1) is 10.1. The molecule has 0 saturated carbocycles. The molecule has 118 valence electrons. The van der Waals surface area contributed by atoms with E-state index in [0.717, 1.165) is 5.56 Å². The molecule has 0 bridgehead atoms. The van der Waals surface area contributed by atoms with Crippen LogP contribution in [-0.4, -0.2) is 26.5 Å². The maximum absolute atomic E-state index is 12.7. The maximum Gasteiger partial charge on any atom is 0.259 e. The number of rotatable bonds is 2. The molecule has 0 spiro atoms. The Morgan fingerprint density at radius 1 is 1.23 bits per heavy atom. The van der Waals surface area contributed by atoms with E-state index in [1.165, 1.54) is 6.26 Å².